The van der Waals surface area contributed by atoms with Gasteiger partial charge in [0.25, 0.3) is 8.32 Å². The molecular formula is C33H54O5Si. The van der Waals surface area contributed by atoms with E-state index < -0.39 is 25.6 Å². The van der Waals surface area contributed by atoms with E-state index >= 15 is 0 Å². The summed E-state index contributed by atoms with van der Waals surface area (Å²) in [6.45, 7) is 12.9. The molecule has 2 aromatic rings. The Bertz CT molecular complexity index is 837. The van der Waals surface area contributed by atoms with E-state index in [1.165, 1.54) is 0 Å². The molecule has 3 atom stereocenters. The van der Waals surface area contributed by atoms with Crippen molar-refractivity contribution >= 4 is 18.7 Å². The van der Waals surface area contributed by atoms with Crippen LogP contribution in [0.2, 0.25) is 5.04 Å². The van der Waals surface area contributed by atoms with Crippen molar-refractivity contribution in [3.05, 3.63) is 60.7 Å². The number of aliphatic hydroxyl groups excluding tert-OH is 1. The minimum absolute atomic E-state index is 0.237. The number of ether oxygens (including phenoxy) is 3. The molecule has 0 radical (unpaired) electrons. The van der Waals surface area contributed by atoms with Gasteiger partial charge in [-0.25, -0.2) is 0 Å². The van der Waals surface area contributed by atoms with Gasteiger partial charge in [-0.3, -0.25) is 0 Å². The van der Waals surface area contributed by atoms with Gasteiger partial charge in [-0.1, -0.05) is 115 Å². The van der Waals surface area contributed by atoms with Crippen molar-refractivity contribution < 1.29 is 24.1 Å². The molecular weight excluding hydrogens is 504 g/mol. The van der Waals surface area contributed by atoms with Crippen LogP contribution in [-0.2, 0) is 14.2 Å². The third-order valence-corrected chi connectivity index (χ3v) is 12.3. The first-order valence-electron chi connectivity index (χ1n) is 15.1. The van der Waals surface area contributed by atoms with Crippen molar-refractivity contribution in [1.82, 2.24) is 0 Å². The van der Waals surface area contributed by atoms with Crippen LogP contribution >= 0.6 is 0 Å². The molecule has 0 spiro atoms. The maximum atomic E-state index is 12.6. The zero-order chi connectivity index (χ0) is 28.6. The minimum atomic E-state index is -3.14. The molecule has 0 aliphatic heterocycles. The number of aliphatic hydroxyl groups is 1. The standard InChI is InChI=1S/C33H54O5Si/c1-6-9-24-36-27-30(34)32(38-26-11-8-3)31(37-25-10-7-2)22-23-33(4,5)39(35,28-18-14-12-15-19-28)29-20-16-13-17-21-29/h12-21,30-32,34-35H,6-11,22-27H2,1-5H3/t30-,31+,32-/m1/s1. The van der Waals surface area contributed by atoms with Crippen molar-refractivity contribution in [2.45, 2.75) is 109 Å². The van der Waals surface area contributed by atoms with E-state index in [1.807, 2.05) is 36.4 Å². The normalized spacial score (nSPS) is 14.7. The number of hydrogen-bond donors (Lipinski definition) is 2. The predicted molar refractivity (Wildman–Crippen MR) is 164 cm³/mol. The first kappa shape index (κ1) is 33.7. The molecule has 6 heteroatoms. The Labute approximate surface area is 239 Å². The second kappa shape index (κ2) is 18.0. The summed E-state index contributed by atoms with van der Waals surface area (Å²) in [6, 6.07) is 20.3. The quantitative estimate of drug-likeness (QED) is 0.149. The average molecular weight is 559 g/mol. The molecule has 0 aliphatic rings. The molecule has 0 saturated carbocycles. The van der Waals surface area contributed by atoms with Crippen molar-refractivity contribution in [1.29, 1.82) is 0 Å². The highest BCUT2D eigenvalue weighted by Crippen LogP contribution is 2.41. The predicted octanol–water partition coefficient (Wildman–Crippen LogP) is 5.85. The molecule has 2 N–H and O–H groups in total. The highest BCUT2D eigenvalue weighted by atomic mass is 28.4. The average Bonchev–Trinajstić information content (AvgIpc) is 2.96. The lowest BCUT2D eigenvalue weighted by Gasteiger charge is -2.42. The minimum Gasteiger partial charge on any atom is -0.424 e. The molecule has 220 valence electrons. The van der Waals surface area contributed by atoms with Gasteiger partial charge in [0.2, 0.25) is 0 Å². The Morgan fingerprint density at radius 3 is 1.74 bits per heavy atom. The van der Waals surface area contributed by atoms with E-state index in [2.05, 4.69) is 58.9 Å². The number of benzene rings is 2. The topological polar surface area (TPSA) is 68.2 Å². The zero-order valence-electron chi connectivity index (χ0n) is 25.1. The summed E-state index contributed by atoms with van der Waals surface area (Å²) >= 11 is 0. The Kier molecular flexibility index (Phi) is 15.5. The summed E-state index contributed by atoms with van der Waals surface area (Å²) in [4.78, 5) is 12.6. The maximum absolute atomic E-state index is 12.6. The van der Waals surface area contributed by atoms with Crippen molar-refractivity contribution in [3.63, 3.8) is 0 Å². The van der Waals surface area contributed by atoms with Crippen molar-refractivity contribution in [3.8, 4) is 0 Å². The molecule has 0 amide bonds. The second-order valence-corrected chi connectivity index (χ2v) is 15.2. The van der Waals surface area contributed by atoms with Gasteiger partial charge in [-0.15, -0.1) is 0 Å². The lowest BCUT2D eigenvalue weighted by Crippen LogP contribution is -2.65. The van der Waals surface area contributed by atoms with Gasteiger partial charge in [0.05, 0.1) is 12.7 Å². The van der Waals surface area contributed by atoms with E-state index in [0.29, 0.717) is 26.2 Å². The smallest absolute Gasteiger partial charge is 0.258 e. The molecule has 5 nitrogen and oxygen atoms in total. The number of unbranched alkanes of at least 4 members (excludes halogenated alkanes) is 3. The largest absolute Gasteiger partial charge is 0.424 e. The third kappa shape index (κ3) is 10.1. The van der Waals surface area contributed by atoms with E-state index in [1.54, 1.807) is 0 Å². The van der Waals surface area contributed by atoms with Gasteiger partial charge in [-0.05, 0) is 47.5 Å². The fourth-order valence-electron chi connectivity index (χ4n) is 5.09. The summed E-state index contributed by atoms with van der Waals surface area (Å²) in [5.74, 6) is 0. The molecule has 2 rings (SSSR count). The van der Waals surface area contributed by atoms with Crippen LogP contribution in [-0.4, -0.2) is 63.0 Å². The maximum Gasteiger partial charge on any atom is 0.258 e. The number of hydrogen-bond acceptors (Lipinski definition) is 5. The van der Waals surface area contributed by atoms with Gasteiger partial charge in [-0.2, -0.15) is 0 Å². The van der Waals surface area contributed by atoms with Crippen LogP contribution in [0.25, 0.3) is 0 Å². The Balaban J connectivity index is 2.32. The Hall–Kier alpha value is -1.54. The summed E-state index contributed by atoms with van der Waals surface area (Å²) < 4.78 is 18.5. The first-order valence-corrected chi connectivity index (χ1v) is 17.1. The summed E-state index contributed by atoms with van der Waals surface area (Å²) in [5, 5.41) is 12.8. The molecule has 0 fully saturated rings. The summed E-state index contributed by atoms with van der Waals surface area (Å²) in [7, 11) is -3.14. The van der Waals surface area contributed by atoms with E-state index in [9.17, 15) is 9.90 Å². The molecule has 0 unspecified atom stereocenters. The van der Waals surface area contributed by atoms with E-state index in [0.717, 1.165) is 55.3 Å². The highest BCUT2D eigenvalue weighted by Gasteiger charge is 2.50. The zero-order valence-corrected chi connectivity index (χ0v) is 26.1. The first-order chi connectivity index (χ1) is 18.8. The molecule has 0 bridgehead atoms. The van der Waals surface area contributed by atoms with Gasteiger partial charge >= 0.3 is 0 Å². The van der Waals surface area contributed by atoms with Crippen LogP contribution in [0.1, 0.15) is 86.0 Å². The lowest BCUT2D eigenvalue weighted by atomic mass is 9.97. The second-order valence-electron chi connectivity index (χ2n) is 11.3. The van der Waals surface area contributed by atoms with Crippen LogP contribution < -0.4 is 10.4 Å². The molecule has 2 aromatic carbocycles. The summed E-state index contributed by atoms with van der Waals surface area (Å²) in [5.41, 5.74) is 0. The molecule has 39 heavy (non-hydrogen) atoms. The van der Waals surface area contributed by atoms with E-state index in [4.69, 9.17) is 14.2 Å². The van der Waals surface area contributed by atoms with Gasteiger partial charge in [0.15, 0.2) is 0 Å². The van der Waals surface area contributed by atoms with Gasteiger partial charge in [0, 0.05) is 19.8 Å². The van der Waals surface area contributed by atoms with Crippen LogP contribution in [0.4, 0.5) is 0 Å². The molecule has 0 aromatic heterocycles. The van der Waals surface area contributed by atoms with Crippen molar-refractivity contribution in [2.24, 2.45) is 0 Å². The summed E-state index contributed by atoms with van der Waals surface area (Å²) in [6.07, 6.45) is 5.85. The SMILES string of the molecule is CCCCOC[C@@H](O)[C@@H](OCCCC)[C@H](CCC(C)(C)[Si](O)(c1ccccc1)c1ccccc1)OCCCC. The van der Waals surface area contributed by atoms with Crippen molar-refractivity contribution in [2.75, 3.05) is 26.4 Å². The van der Waals surface area contributed by atoms with Gasteiger partial charge < -0.3 is 24.1 Å². The van der Waals surface area contributed by atoms with Crippen LogP contribution in [0.5, 0.6) is 0 Å². The fourth-order valence-corrected chi connectivity index (χ4v) is 8.84. The lowest BCUT2D eigenvalue weighted by molar-refractivity contribution is -0.141. The third-order valence-electron chi connectivity index (χ3n) is 7.73. The monoisotopic (exact) mass is 558 g/mol. The molecule has 0 aliphatic carbocycles. The van der Waals surface area contributed by atoms with Crippen LogP contribution in [0.15, 0.2) is 60.7 Å². The van der Waals surface area contributed by atoms with Crippen LogP contribution in [0.3, 0.4) is 0 Å². The molecule has 0 heterocycles. The Morgan fingerprint density at radius 2 is 1.23 bits per heavy atom. The molecule has 0 saturated heterocycles. The van der Waals surface area contributed by atoms with Crippen LogP contribution in [0, 0.1) is 0 Å². The van der Waals surface area contributed by atoms with Gasteiger partial charge in [0.1, 0.15) is 12.2 Å². The van der Waals surface area contributed by atoms with E-state index in [-0.39, 0.29) is 12.7 Å². The fraction of sp³-hybridized carbons (Fsp3) is 0.636. The number of rotatable bonds is 21. The highest BCUT2D eigenvalue weighted by molar-refractivity contribution is 6.98. The Morgan fingerprint density at radius 1 is 0.744 bits per heavy atom.